The van der Waals surface area contributed by atoms with Gasteiger partial charge in [0.25, 0.3) is 0 Å². The van der Waals surface area contributed by atoms with Crippen LogP contribution in [0.5, 0.6) is 0 Å². The van der Waals surface area contributed by atoms with Crippen LogP contribution in [0, 0.1) is 17.5 Å². The molecule has 0 spiro atoms. The van der Waals surface area contributed by atoms with Crippen molar-refractivity contribution in [3.05, 3.63) is 59.4 Å². The number of nitrogens with one attached hydrogen (secondary N) is 1. The Morgan fingerprint density at radius 2 is 1.76 bits per heavy atom. The predicted octanol–water partition coefficient (Wildman–Crippen LogP) is 4.75. The van der Waals surface area contributed by atoms with Gasteiger partial charge in [0.2, 0.25) is 0 Å². The lowest BCUT2D eigenvalue weighted by Gasteiger charge is -2.13. The topological polar surface area (TPSA) is 12.0 Å². The Hall–Kier alpha value is -1.46. The van der Waals surface area contributed by atoms with E-state index in [0.717, 1.165) is 12.1 Å². The summed E-state index contributed by atoms with van der Waals surface area (Å²) in [5.74, 6) is -2.10. The maximum absolute atomic E-state index is 14.0. The van der Waals surface area contributed by atoms with Crippen molar-refractivity contribution >= 4 is 11.8 Å². The number of halogens is 3. The highest BCUT2D eigenvalue weighted by Crippen LogP contribution is 2.32. The molecule has 0 saturated carbocycles. The third-order valence-electron chi connectivity index (χ3n) is 2.88. The molecule has 0 aliphatic heterocycles. The van der Waals surface area contributed by atoms with E-state index in [9.17, 15) is 13.2 Å². The minimum atomic E-state index is -0.904. The summed E-state index contributed by atoms with van der Waals surface area (Å²) in [6.07, 6.45) is 0. The number of rotatable bonds is 5. The van der Waals surface area contributed by atoms with E-state index in [1.54, 1.807) is 12.1 Å². The molecule has 0 aliphatic rings. The van der Waals surface area contributed by atoms with E-state index in [1.807, 2.05) is 13.8 Å². The molecule has 0 aromatic heterocycles. The number of hydrogen-bond donors (Lipinski definition) is 1. The summed E-state index contributed by atoms with van der Waals surface area (Å²) in [5.41, 5.74) is 0.529. The molecule has 5 heteroatoms. The van der Waals surface area contributed by atoms with Crippen LogP contribution >= 0.6 is 11.8 Å². The molecule has 112 valence electrons. The quantitative estimate of drug-likeness (QED) is 0.855. The highest BCUT2D eigenvalue weighted by molar-refractivity contribution is 7.99. The van der Waals surface area contributed by atoms with Crippen LogP contribution in [0.2, 0.25) is 0 Å². The molecule has 21 heavy (non-hydrogen) atoms. The molecule has 0 saturated heterocycles. The monoisotopic (exact) mass is 311 g/mol. The molecular formula is C16H16F3NS. The molecule has 0 radical (unpaired) electrons. The van der Waals surface area contributed by atoms with Gasteiger partial charge in [0.15, 0.2) is 11.6 Å². The van der Waals surface area contributed by atoms with Crippen molar-refractivity contribution in [1.82, 2.24) is 5.32 Å². The summed E-state index contributed by atoms with van der Waals surface area (Å²) >= 11 is 1.22. The van der Waals surface area contributed by atoms with Gasteiger partial charge in [0.1, 0.15) is 5.82 Å². The van der Waals surface area contributed by atoms with Crippen LogP contribution in [-0.2, 0) is 6.54 Å². The van der Waals surface area contributed by atoms with Gasteiger partial charge in [-0.25, -0.2) is 13.2 Å². The van der Waals surface area contributed by atoms with Crippen LogP contribution < -0.4 is 5.32 Å². The third kappa shape index (κ3) is 4.25. The largest absolute Gasteiger partial charge is 0.310 e. The molecule has 0 heterocycles. The van der Waals surface area contributed by atoms with Gasteiger partial charge in [-0.2, -0.15) is 0 Å². The smallest absolute Gasteiger partial charge is 0.159 e. The summed E-state index contributed by atoms with van der Waals surface area (Å²) in [6, 6.07) is 8.67. The van der Waals surface area contributed by atoms with Crippen molar-refractivity contribution in [3.63, 3.8) is 0 Å². The molecule has 2 rings (SSSR count). The summed E-state index contributed by atoms with van der Waals surface area (Å²) < 4.78 is 40.1. The van der Waals surface area contributed by atoms with Crippen molar-refractivity contribution in [3.8, 4) is 0 Å². The second-order valence-corrected chi connectivity index (χ2v) is 6.05. The second kappa shape index (κ2) is 7.00. The van der Waals surface area contributed by atoms with E-state index in [4.69, 9.17) is 0 Å². The van der Waals surface area contributed by atoms with Gasteiger partial charge in [0.05, 0.1) is 0 Å². The zero-order valence-electron chi connectivity index (χ0n) is 11.8. The van der Waals surface area contributed by atoms with Crippen molar-refractivity contribution in [2.24, 2.45) is 0 Å². The minimum Gasteiger partial charge on any atom is -0.310 e. The first-order valence-corrected chi connectivity index (χ1v) is 7.42. The van der Waals surface area contributed by atoms with Crippen LogP contribution in [0.25, 0.3) is 0 Å². The van der Waals surface area contributed by atoms with Crippen molar-refractivity contribution in [1.29, 1.82) is 0 Å². The molecule has 2 aromatic rings. The Balaban J connectivity index is 2.26. The van der Waals surface area contributed by atoms with Crippen LogP contribution in [0.3, 0.4) is 0 Å². The lowest BCUT2D eigenvalue weighted by atomic mass is 10.2. The molecular weight excluding hydrogens is 295 g/mol. The molecule has 0 bridgehead atoms. The van der Waals surface area contributed by atoms with Crippen molar-refractivity contribution in [2.75, 3.05) is 0 Å². The minimum absolute atomic E-state index is 0.228. The molecule has 0 amide bonds. The molecule has 2 aromatic carbocycles. The van der Waals surface area contributed by atoms with E-state index >= 15 is 0 Å². The lowest BCUT2D eigenvalue weighted by molar-refractivity contribution is 0.506. The molecule has 1 N–H and O–H groups in total. The van der Waals surface area contributed by atoms with Gasteiger partial charge < -0.3 is 5.32 Å². The first-order valence-electron chi connectivity index (χ1n) is 6.61. The normalized spacial score (nSPS) is 11.1. The van der Waals surface area contributed by atoms with Gasteiger partial charge in [-0.3, -0.25) is 0 Å². The van der Waals surface area contributed by atoms with Crippen LogP contribution in [-0.4, -0.2) is 6.04 Å². The summed E-state index contributed by atoms with van der Waals surface area (Å²) in [7, 11) is 0. The maximum Gasteiger partial charge on any atom is 0.159 e. The zero-order valence-corrected chi connectivity index (χ0v) is 12.6. The highest BCUT2D eigenvalue weighted by Gasteiger charge is 2.11. The Morgan fingerprint density at radius 1 is 1.00 bits per heavy atom. The Bertz CT molecular complexity index is 629. The SMILES string of the molecule is CC(C)NCc1c(F)cccc1Sc1ccc(F)c(F)c1. The number of benzene rings is 2. The molecule has 0 fully saturated rings. The van der Waals surface area contributed by atoms with Crippen LogP contribution in [0.1, 0.15) is 19.4 Å². The van der Waals surface area contributed by atoms with E-state index < -0.39 is 11.6 Å². The summed E-state index contributed by atoms with van der Waals surface area (Å²) in [4.78, 5) is 1.22. The average molecular weight is 311 g/mol. The maximum atomic E-state index is 14.0. The average Bonchev–Trinajstić information content (AvgIpc) is 2.42. The fraction of sp³-hybridized carbons (Fsp3) is 0.250. The molecule has 0 atom stereocenters. The first-order chi connectivity index (χ1) is 9.97. The summed E-state index contributed by atoms with van der Waals surface area (Å²) in [5, 5.41) is 3.16. The lowest BCUT2D eigenvalue weighted by Crippen LogP contribution is -2.22. The Labute approximate surface area is 126 Å². The Kier molecular flexibility index (Phi) is 5.31. The third-order valence-corrected chi connectivity index (χ3v) is 3.97. The molecule has 1 nitrogen and oxygen atoms in total. The van der Waals surface area contributed by atoms with Gasteiger partial charge >= 0.3 is 0 Å². The van der Waals surface area contributed by atoms with Crippen molar-refractivity contribution in [2.45, 2.75) is 36.2 Å². The summed E-state index contributed by atoms with van der Waals surface area (Å²) in [6.45, 7) is 4.34. The van der Waals surface area contributed by atoms with E-state index in [-0.39, 0.29) is 11.9 Å². The standard InChI is InChI=1S/C16H16F3NS/c1-10(2)20-9-12-13(17)4-3-5-16(12)21-11-6-7-14(18)15(19)8-11/h3-8,10,20H,9H2,1-2H3. The van der Waals surface area contributed by atoms with Gasteiger partial charge in [-0.1, -0.05) is 31.7 Å². The Morgan fingerprint density at radius 3 is 2.43 bits per heavy atom. The zero-order chi connectivity index (χ0) is 15.4. The van der Waals surface area contributed by atoms with Gasteiger partial charge in [-0.05, 0) is 30.3 Å². The van der Waals surface area contributed by atoms with Crippen LogP contribution in [0.15, 0.2) is 46.2 Å². The fourth-order valence-corrected chi connectivity index (χ4v) is 2.77. The molecule has 0 unspecified atom stereocenters. The number of hydrogen-bond acceptors (Lipinski definition) is 2. The van der Waals surface area contributed by atoms with E-state index in [2.05, 4.69) is 5.32 Å². The molecule has 0 aliphatic carbocycles. The van der Waals surface area contributed by atoms with Gasteiger partial charge in [0, 0.05) is 27.9 Å². The van der Waals surface area contributed by atoms with E-state index in [0.29, 0.717) is 21.9 Å². The highest BCUT2D eigenvalue weighted by atomic mass is 32.2. The predicted molar refractivity (Wildman–Crippen MR) is 78.9 cm³/mol. The van der Waals surface area contributed by atoms with Gasteiger partial charge in [-0.15, -0.1) is 0 Å². The fourth-order valence-electron chi connectivity index (χ4n) is 1.78. The first kappa shape index (κ1) is 15.9. The van der Waals surface area contributed by atoms with Crippen molar-refractivity contribution < 1.29 is 13.2 Å². The second-order valence-electron chi connectivity index (χ2n) is 4.93. The van der Waals surface area contributed by atoms with E-state index in [1.165, 1.54) is 23.9 Å². The van der Waals surface area contributed by atoms with Crippen LogP contribution in [0.4, 0.5) is 13.2 Å².